The summed E-state index contributed by atoms with van der Waals surface area (Å²) in [7, 11) is 0. The number of phenols is 1. The molecule has 0 bridgehead atoms. The van der Waals surface area contributed by atoms with Crippen LogP contribution in [0.4, 0.5) is 5.69 Å². The van der Waals surface area contributed by atoms with Crippen molar-refractivity contribution in [3.63, 3.8) is 0 Å². The van der Waals surface area contributed by atoms with Gasteiger partial charge in [0.2, 0.25) is 0 Å². The predicted molar refractivity (Wildman–Crippen MR) is 118 cm³/mol. The zero-order valence-corrected chi connectivity index (χ0v) is 17.3. The van der Waals surface area contributed by atoms with Gasteiger partial charge in [-0.15, -0.1) is 0 Å². The fraction of sp³-hybridized carbons (Fsp3) is 0.480. The molecule has 0 heterocycles. The summed E-state index contributed by atoms with van der Waals surface area (Å²) >= 11 is 0. The quantitative estimate of drug-likeness (QED) is 0.363. The second-order valence-electron chi connectivity index (χ2n) is 7.63. The van der Waals surface area contributed by atoms with Crippen molar-refractivity contribution in [3.8, 4) is 5.75 Å². The average Bonchev–Trinajstić information content (AvgIpc) is 2.71. The maximum atomic E-state index is 12.2. The molecule has 2 N–H and O–H groups in total. The molecule has 3 heteroatoms. The van der Waals surface area contributed by atoms with E-state index in [0.29, 0.717) is 5.56 Å². The first kappa shape index (κ1) is 22.0. The Morgan fingerprint density at radius 2 is 1.29 bits per heavy atom. The lowest BCUT2D eigenvalue weighted by Gasteiger charge is -2.07. The highest BCUT2D eigenvalue weighted by atomic mass is 16.3. The molecule has 3 nitrogen and oxygen atoms in total. The van der Waals surface area contributed by atoms with Crippen LogP contribution >= 0.6 is 0 Å². The summed E-state index contributed by atoms with van der Waals surface area (Å²) < 4.78 is 0. The molecule has 0 aliphatic heterocycles. The van der Waals surface area contributed by atoms with Crippen LogP contribution in [-0.4, -0.2) is 11.0 Å². The Kier molecular flexibility index (Phi) is 10.2. The molecule has 1 amide bonds. The van der Waals surface area contributed by atoms with Crippen molar-refractivity contribution in [1.82, 2.24) is 0 Å². The number of rotatable bonds is 13. The van der Waals surface area contributed by atoms with Crippen molar-refractivity contribution in [3.05, 3.63) is 59.7 Å². The first-order valence-corrected chi connectivity index (χ1v) is 10.9. The van der Waals surface area contributed by atoms with Crippen molar-refractivity contribution >= 4 is 11.6 Å². The first-order chi connectivity index (χ1) is 13.7. The van der Waals surface area contributed by atoms with Crippen LogP contribution in [0.15, 0.2) is 48.5 Å². The molecular formula is C25H35NO2. The Morgan fingerprint density at radius 1 is 0.750 bits per heavy atom. The number of hydrogen-bond donors (Lipinski definition) is 2. The van der Waals surface area contributed by atoms with Crippen molar-refractivity contribution in [2.75, 3.05) is 5.32 Å². The summed E-state index contributed by atoms with van der Waals surface area (Å²) in [6.07, 6.45) is 14.7. The van der Waals surface area contributed by atoms with Gasteiger partial charge in [0.05, 0.1) is 0 Å². The molecule has 0 aromatic heterocycles. The number of phenolic OH excluding ortho intramolecular Hbond substituents is 1. The maximum absolute atomic E-state index is 12.2. The van der Waals surface area contributed by atoms with Gasteiger partial charge in [-0.3, -0.25) is 4.79 Å². The lowest BCUT2D eigenvalue weighted by atomic mass is 10.0. The Labute approximate surface area is 170 Å². The Hall–Kier alpha value is -2.29. The van der Waals surface area contributed by atoms with E-state index in [9.17, 15) is 9.90 Å². The van der Waals surface area contributed by atoms with Gasteiger partial charge >= 0.3 is 0 Å². The summed E-state index contributed by atoms with van der Waals surface area (Å²) in [5, 5.41) is 12.2. The van der Waals surface area contributed by atoms with E-state index in [0.717, 1.165) is 12.1 Å². The van der Waals surface area contributed by atoms with Crippen molar-refractivity contribution in [2.24, 2.45) is 0 Å². The van der Waals surface area contributed by atoms with Gasteiger partial charge < -0.3 is 10.4 Å². The number of unbranched alkanes of at least 4 members (excludes halogenated alkanes) is 9. The van der Waals surface area contributed by atoms with Gasteiger partial charge in [0.1, 0.15) is 5.75 Å². The molecule has 0 spiro atoms. The van der Waals surface area contributed by atoms with Crippen LogP contribution in [0.3, 0.4) is 0 Å². The van der Waals surface area contributed by atoms with E-state index in [4.69, 9.17) is 0 Å². The number of amides is 1. The van der Waals surface area contributed by atoms with Crippen LogP contribution in [0.1, 0.15) is 87.1 Å². The lowest BCUT2D eigenvalue weighted by molar-refractivity contribution is 0.102. The zero-order chi connectivity index (χ0) is 20.0. The SMILES string of the molecule is CCCCCCCCCCCCc1ccc(NC(=O)c2ccc(O)cc2)cc1. The van der Waals surface area contributed by atoms with E-state index in [1.807, 2.05) is 12.1 Å². The van der Waals surface area contributed by atoms with Crippen LogP contribution < -0.4 is 5.32 Å². The molecule has 28 heavy (non-hydrogen) atoms. The van der Waals surface area contributed by atoms with Crippen LogP contribution in [-0.2, 0) is 6.42 Å². The molecule has 2 aromatic rings. The smallest absolute Gasteiger partial charge is 0.255 e. The molecule has 0 saturated carbocycles. The van der Waals surface area contributed by atoms with Gasteiger partial charge in [-0.1, -0.05) is 76.8 Å². The number of anilines is 1. The van der Waals surface area contributed by atoms with Gasteiger partial charge in [0.15, 0.2) is 0 Å². The van der Waals surface area contributed by atoms with Gasteiger partial charge in [0, 0.05) is 11.3 Å². The van der Waals surface area contributed by atoms with Crippen molar-refractivity contribution in [1.29, 1.82) is 0 Å². The molecule has 0 saturated heterocycles. The van der Waals surface area contributed by atoms with Crippen LogP contribution in [0.5, 0.6) is 5.75 Å². The molecule has 152 valence electrons. The Balaban J connectivity index is 1.59. The fourth-order valence-corrected chi connectivity index (χ4v) is 3.39. The summed E-state index contributed by atoms with van der Waals surface area (Å²) in [4.78, 5) is 12.2. The maximum Gasteiger partial charge on any atom is 0.255 e. The summed E-state index contributed by atoms with van der Waals surface area (Å²) in [6.45, 7) is 2.27. The molecule has 0 aliphatic rings. The normalized spacial score (nSPS) is 10.8. The standard InChI is InChI=1S/C25H35NO2/c1-2-3-4-5-6-7-8-9-10-11-12-21-13-17-23(18-14-21)26-25(28)22-15-19-24(27)20-16-22/h13-20,27H,2-12H2,1H3,(H,26,28). The highest BCUT2D eigenvalue weighted by molar-refractivity contribution is 6.04. The lowest BCUT2D eigenvalue weighted by Crippen LogP contribution is -2.11. The largest absolute Gasteiger partial charge is 0.508 e. The molecule has 0 atom stereocenters. The molecule has 2 rings (SSSR count). The van der Waals surface area contributed by atoms with E-state index in [1.54, 1.807) is 12.1 Å². The highest BCUT2D eigenvalue weighted by Gasteiger charge is 2.06. The Bertz CT molecular complexity index is 677. The van der Waals surface area contributed by atoms with Gasteiger partial charge in [0.25, 0.3) is 5.91 Å². The third-order valence-corrected chi connectivity index (χ3v) is 5.16. The van der Waals surface area contributed by atoms with Gasteiger partial charge in [-0.2, -0.15) is 0 Å². The van der Waals surface area contributed by atoms with Gasteiger partial charge in [-0.05, 0) is 54.8 Å². The predicted octanol–water partition coefficient (Wildman–Crippen LogP) is 7.11. The molecule has 0 unspecified atom stereocenters. The molecule has 0 radical (unpaired) electrons. The number of hydrogen-bond acceptors (Lipinski definition) is 2. The fourth-order valence-electron chi connectivity index (χ4n) is 3.39. The van der Waals surface area contributed by atoms with Crippen molar-refractivity contribution < 1.29 is 9.90 Å². The summed E-state index contributed by atoms with van der Waals surface area (Å²) in [5.41, 5.74) is 2.65. The third-order valence-electron chi connectivity index (χ3n) is 5.16. The Morgan fingerprint density at radius 3 is 1.86 bits per heavy atom. The van der Waals surface area contributed by atoms with E-state index >= 15 is 0 Å². The number of carbonyl (C=O) groups excluding carboxylic acids is 1. The van der Waals surface area contributed by atoms with E-state index in [2.05, 4.69) is 24.4 Å². The minimum Gasteiger partial charge on any atom is -0.508 e. The minimum absolute atomic E-state index is 0.160. The number of nitrogens with one attached hydrogen (secondary N) is 1. The zero-order valence-electron chi connectivity index (χ0n) is 17.3. The number of aromatic hydroxyl groups is 1. The van der Waals surface area contributed by atoms with Crippen LogP contribution in [0.2, 0.25) is 0 Å². The molecule has 0 fully saturated rings. The molecular weight excluding hydrogens is 346 g/mol. The second kappa shape index (κ2) is 13.0. The molecule has 0 aliphatic carbocycles. The topological polar surface area (TPSA) is 49.3 Å². The van der Waals surface area contributed by atoms with E-state index in [1.165, 1.54) is 81.9 Å². The second-order valence-corrected chi connectivity index (χ2v) is 7.63. The monoisotopic (exact) mass is 381 g/mol. The first-order valence-electron chi connectivity index (χ1n) is 10.9. The number of aryl methyl sites for hydroxylation is 1. The number of carbonyl (C=O) groups is 1. The highest BCUT2D eigenvalue weighted by Crippen LogP contribution is 2.16. The number of benzene rings is 2. The van der Waals surface area contributed by atoms with Crippen LogP contribution in [0, 0.1) is 0 Å². The van der Waals surface area contributed by atoms with Crippen LogP contribution in [0.25, 0.3) is 0 Å². The van der Waals surface area contributed by atoms with Crippen molar-refractivity contribution in [2.45, 2.75) is 77.6 Å². The third kappa shape index (κ3) is 8.60. The van der Waals surface area contributed by atoms with E-state index < -0.39 is 0 Å². The molecule has 2 aromatic carbocycles. The summed E-state index contributed by atoms with van der Waals surface area (Å²) in [6, 6.07) is 14.4. The summed E-state index contributed by atoms with van der Waals surface area (Å²) in [5.74, 6) is -0.00433. The minimum atomic E-state index is -0.164. The van der Waals surface area contributed by atoms with Gasteiger partial charge in [-0.25, -0.2) is 0 Å². The van der Waals surface area contributed by atoms with E-state index in [-0.39, 0.29) is 11.7 Å². The average molecular weight is 382 g/mol.